The van der Waals surface area contributed by atoms with Gasteiger partial charge in [-0.05, 0) is 30.1 Å². The van der Waals surface area contributed by atoms with Crippen LogP contribution in [0.1, 0.15) is 25.7 Å². The van der Waals surface area contributed by atoms with Crippen molar-refractivity contribution >= 4 is 28.9 Å². The zero-order chi connectivity index (χ0) is 18.6. The number of nitrogens with zero attached hydrogens (tertiary/aromatic N) is 4. The van der Waals surface area contributed by atoms with Crippen molar-refractivity contribution in [2.24, 2.45) is 5.92 Å². The first-order valence-corrected chi connectivity index (χ1v) is 10.0. The van der Waals surface area contributed by atoms with E-state index < -0.39 is 0 Å². The van der Waals surface area contributed by atoms with Gasteiger partial charge in [0, 0.05) is 36.1 Å². The molecule has 1 saturated heterocycles. The number of aryl methyl sites for hydroxylation is 1. The molecule has 4 rings (SSSR count). The van der Waals surface area contributed by atoms with E-state index in [1.165, 1.54) is 0 Å². The zero-order valence-electron chi connectivity index (χ0n) is 15.1. The number of carbonyl (C=O) groups excluding carboxylic acids is 1. The van der Waals surface area contributed by atoms with E-state index in [4.69, 9.17) is 4.52 Å². The Hall–Kier alpha value is -2.74. The summed E-state index contributed by atoms with van der Waals surface area (Å²) in [5, 5.41) is 9.06. The van der Waals surface area contributed by atoms with Gasteiger partial charge in [0.1, 0.15) is 0 Å². The second kappa shape index (κ2) is 7.87. The molecule has 1 unspecified atom stereocenters. The summed E-state index contributed by atoms with van der Waals surface area (Å²) < 4.78 is 5.19. The minimum atomic E-state index is -0.0967. The van der Waals surface area contributed by atoms with Crippen molar-refractivity contribution in [2.75, 3.05) is 23.3 Å². The SMILES string of the molecule is CCc1nc(N2CCCC(C(=O)Nc3ccc(-c4cscn4)cc3)C2)no1. The summed E-state index contributed by atoms with van der Waals surface area (Å²) in [7, 11) is 0. The molecule has 2 aromatic heterocycles. The van der Waals surface area contributed by atoms with Crippen molar-refractivity contribution in [3.63, 3.8) is 0 Å². The largest absolute Gasteiger partial charge is 0.337 e. The Morgan fingerprint density at radius 3 is 2.93 bits per heavy atom. The lowest BCUT2D eigenvalue weighted by atomic mass is 9.97. The summed E-state index contributed by atoms with van der Waals surface area (Å²) in [5.74, 6) is 1.13. The summed E-state index contributed by atoms with van der Waals surface area (Å²) in [5.41, 5.74) is 4.60. The van der Waals surface area contributed by atoms with Crippen LogP contribution in [0.2, 0.25) is 0 Å². The second-order valence-electron chi connectivity index (χ2n) is 6.57. The highest BCUT2D eigenvalue weighted by molar-refractivity contribution is 7.07. The number of nitrogens with one attached hydrogen (secondary N) is 1. The maximum atomic E-state index is 12.7. The molecule has 0 spiro atoms. The first-order valence-electron chi connectivity index (χ1n) is 9.10. The van der Waals surface area contributed by atoms with Crippen LogP contribution in [0.25, 0.3) is 11.3 Å². The number of hydrogen-bond donors (Lipinski definition) is 1. The molecule has 27 heavy (non-hydrogen) atoms. The molecule has 3 aromatic rings. The van der Waals surface area contributed by atoms with Crippen LogP contribution >= 0.6 is 11.3 Å². The molecule has 1 fully saturated rings. The number of amides is 1. The average Bonchev–Trinajstić information content (AvgIpc) is 3.41. The summed E-state index contributed by atoms with van der Waals surface area (Å²) >= 11 is 1.57. The zero-order valence-corrected chi connectivity index (χ0v) is 15.9. The highest BCUT2D eigenvalue weighted by atomic mass is 32.1. The van der Waals surface area contributed by atoms with Gasteiger partial charge in [-0.1, -0.05) is 19.1 Å². The summed E-state index contributed by atoms with van der Waals surface area (Å²) in [6, 6.07) is 7.78. The van der Waals surface area contributed by atoms with Gasteiger partial charge < -0.3 is 14.7 Å². The lowest BCUT2D eigenvalue weighted by molar-refractivity contribution is -0.120. The van der Waals surface area contributed by atoms with Crippen LogP contribution in [0.15, 0.2) is 39.7 Å². The van der Waals surface area contributed by atoms with Crippen molar-refractivity contribution in [3.05, 3.63) is 41.0 Å². The van der Waals surface area contributed by atoms with Gasteiger partial charge in [0.2, 0.25) is 11.8 Å². The van der Waals surface area contributed by atoms with Crippen LogP contribution in [0.5, 0.6) is 0 Å². The standard InChI is InChI=1S/C19H21N5O2S/c1-2-17-22-19(23-26-17)24-9-3-4-14(10-24)18(25)21-15-7-5-13(6-8-15)16-11-27-12-20-16/h5-8,11-12,14H,2-4,9-10H2,1H3,(H,21,25). The third-order valence-corrected chi connectivity index (χ3v) is 5.30. The van der Waals surface area contributed by atoms with Gasteiger partial charge in [-0.25, -0.2) is 4.98 Å². The van der Waals surface area contributed by atoms with Gasteiger partial charge in [-0.3, -0.25) is 4.79 Å². The number of benzene rings is 1. The third kappa shape index (κ3) is 4.00. The fourth-order valence-corrected chi connectivity index (χ4v) is 3.78. The Balaban J connectivity index is 1.38. The molecule has 140 valence electrons. The summed E-state index contributed by atoms with van der Waals surface area (Å²) in [6.07, 6.45) is 2.50. The van der Waals surface area contributed by atoms with Crippen LogP contribution in [0.4, 0.5) is 11.6 Å². The number of aromatic nitrogens is 3. The quantitative estimate of drug-likeness (QED) is 0.724. The van der Waals surface area contributed by atoms with Gasteiger partial charge in [-0.2, -0.15) is 4.98 Å². The van der Waals surface area contributed by atoms with Crippen molar-refractivity contribution in [1.29, 1.82) is 0 Å². The summed E-state index contributed by atoms with van der Waals surface area (Å²) in [4.78, 5) is 23.4. The van der Waals surface area contributed by atoms with E-state index in [1.807, 2.05) is 47.0 Å². The maximum Gasteiger partial charge on any atom is 0.266 e. The van der Waals surface area contributed by atoms with Gasteiger partial charge in [0.05, 0.1) is 17.1 Å². The van der Waals surface area contributed by atoms with Crippen LogP contribution in [-0.2, 0) is 11.2 Å². The maximum absolute atomic E-state index is 12.7. The number of anilines is 2. The van der Waals surface area contributed by atoms with Crippen molar-refractivity contribution in [2.45, 2.75) is 26.2 Å². The lowest BCUT2D eigenvalue weighted by Crippen LogP contribution is -2.41. The minimum absolute atomic E-state index is 0.0281. The minimum Gasteiger partial charge on any atom is -0.337 e. The van der Waals surface area contributed by atoms with Gasteiger partial charge in [0.15, 0.2) is 0 Å². The molecule has 1 aromatic carbocycles. The van der Waals surface area contributed by atoms with Crippen LogP contribution in [0, 0.1) is 5.92 Å². The van der Waals surface area contributed by atoms with E-state index in [0.29, 0.717) is 24.8 Å². The van der Waals surface area contributed by atoms with Gasteiger partial charge in [-0.15, -0.1) is 11.3 Å². The number of thiazole rings is 1. The molecule has 8 heteroatoms. The van der Waals surface area contributed by atoms with Crippen molar-refractivity contribution in [1.82, 2.24) is 15.1 Å². The number of rotatable bonds is 5. The lowest BCUT2D eigenvalue weighted by Gasteiger charge is -2.30. The number of piperidine rings is 1. The molecule has 0 radical (unpaired) electrons. The van der Waals surface area contributed by atoms with Gasteiger partial charge >= 0.3 is 0 Å². The Kier molecular flexibility index (Phi) is 5.15. The monoisotopic (exact) mass is 383 g/mol. The molecule has 1 aliphatic heterocycles. The summed E-state index contributed by atoms with van der Waals surface area (Å²) in [6.45, 7) is 3.42. The van der Waals surface area contributed by atoms with Crippen molar-refractivity contribution < 1.29 is 9.32 Å². The van der Waals surface area contributed by atoms with E-state index >= 15 is 0 Å². The molecule has 1 N–H and O–H groups in total. The fourth-order valence-electron chi connectivity index (χ4n) is 3.21. The molecular weight excluding hydrogens is 362 g/mol. The first kappa shape index (κ1) is 17.7. The molecule has 0 aliphatic carbocycles. The van der Waals surface area contributed by atoms with Crippen LogP contribution < -0.4 is 10.2 Å². The van der Waals surface area contributed by atoms with E-state index in [9.17, 15) is 4.79 Å². The second-order valence-corrected chi connectivity index (χ2v) is 7.29. The Morgan fingerprint density at radius 2 is 2.22 bits per heavy atom. The Morgan fingerprint density at radius 1 is 1.37 bits per heavy atom. The normalized spacial score (nSPS) is 17.1. The molecule has 1 atom stereocenters. The molecule has 0 saturated carbocycles. The van der Waals surface area contributed by atoms with E-state index in [-0.39, 0.29) is 11.8 Å². The van der Waals surface area contributed by atoms with Gasteiger partial charge in [0.25, 0.3) is 5.95 Å². The third-order valence-electron chi connectivity index (χ3n) is 4.72. The van der Waals surface area contributed by atoms with E-state index in [0.717, 1.165) is 36.3 Å². The molecule has 0 bridgehead atoms. The molecule has 1 amide bonds. The average molecular weight is 383 g/mol. The fraction of sp³-hybridized carbons (Fsp3) is 0.368. The first-order chi connectivity index (χ1) is 13.2. The van der Waals surface area contributed by atoms with E-state index in [1.54, 1.807) is 11.3 Å². The predicted molar refractivity (Wildman–Crippen MR) is 105 cm³/mol. The van der Waals surface area contributed by atoms with Crippen LogP contribution in [-0.4, -0.2) is 34.1 Å². The smallest absolute Gasteiger partial charge is 0.266 e. The molecule has 7 nitrogen and oxygen atoms in total. The Bertz CT molecular complexity index is 891. The molecule has 1 aliphatic rings. The molecular formula is C19H21N5O2S. The van der Waals surface area contributed by atoms with E-state index in [2.05, 4.69) is 20.4 Å². The number of hydrogen-bond acceptors (Lipinski definition) is 7. The highest BCUT2D eigenvalue weighted by Gasteiger charge is 2.28. The molecule has 3 heterocycles. The van der Waals surface area contributed by atoms with Crippen LogP contribution in [0.3, 0.4) is 0 Å². The van der Waals surface area contributed by atoms with Crippen molar-refractivity contribution in [3.8, 4) is 11.3 Å². The topological polar surface area (TPSA) is 84.2 Å². The highest BCUT2D eigenvalue weighted by Crippen LogP contribution is 2.24. The number of carbonyl (C=O) groups is 1. The Labute approximate surface area is 161 Å². The predicted octanol–water partition coefficient (Wildman–Crippen LogP) is 3.61.